The van der Waals surface area contributed by atoms with E-state index < -0.39 is 193 Å². The molecule has 101 heavy (non-hydrogen) atoms. The number of nitrogens with zero attached hydrogens (tertiary/aromatic N) is 9. The van der Waals surface area contributed by atoms with Gasteiger partial charge in [-0.25, -0.2) is 8.78 Å². The van der Waals surface area contributed by atoms with Crippen LogP contribution in [0, 0.1) is 35.3 Å². The number of fused-ring (bicyclic) bond motifs is 1. The van der Waals surface area contributed by atoms with Crippen molar-refractivity contribution in [3.63, 3.8) is 0 Å². The maximum absolute atomic E-state index is 15.8. The molecule has 3 N–H and O–H groups in total. The predicted octanol–water partition coefficient (Wildman–Crippen LogP) is 5.41. The fourth-order valence-electron chi connectivity index (χ4n) is 16.3. The highest BCUT2D eigenvalue weighted by atomic mass is 19.4. The summed E-state index contributed by atoms with van der Waals surface area (Å²) in [7, 11) is 9.85. The van der Waals surface area contributed by atoms with Crippen molar-refractivity contribution in [2.45, 2.75) is 235 Å². The Morgan fingerprint density at radius 3 is 1.73 bits per heavy atom. The summed E-state index contributed by atoms with van der Waals surface area (Å²) in [4.78, 5) is 190. The summed E-state index contributed by atoms with van der Waals surface area (Å²) in [6, 6.07) is -8.06. The van der Waals surface area contributed by atoms with Crippen molar-refractivity contribution in [1.29, 1.82) is 0 Å². The third-order valence-corrected chi connectivity index (χ3v) is 23.0. The molecule has 0 aromatic heterocycles. The van der Waals surface area contributed by atoms with E-state index in [9.17, 15) is 46.7 Å². The minimum atomic E-state index is -5.38. The summed E-state index contributed by atoms with van der Waals surface area (Å²) in [5.41, 5.74) is -4.04. The number of hydrogen-bond donors (Lipinski definition) is 3. The average molecular weight is 1430 g/mol. The second kappa shape index (κ2) is 34.7. The number of hydrogen-bond acceptors (Lipinski definition) is 12. The van der Waals surface area contributed by atoms with E-state index in [4.69, 9.17) is 0 Å². The Kier molecular flexibility index (Phi) is 27.2. The molecular weight excluding hydrogens is 1320 g/mol. The Bertz CT molecular complexity index is 3180. The van der Waals surface area contributed by atoms with Crippen LogP contribution in [0.5, 0.6) is 0 Å². The van der Waals surface area contributed by atoms with Crippen LogP contribution in [0.1, 0.15) is 185 Å². The smallest absolute Gasteiger partial charge is 0.343 e. The van der Waals surface area contributed by atoms with E-state index in [1.54, 1.807) is 11.8 Å². The summed E-state index contributed by atoms with van der Waals surface area (Å²) in [6.45, 7) is 2.45. The molecule has 4 saturated carbocycles. The van der Waals surface area contributed by atoms with Crippen LogP contribution in [0.15, 0.2) is 12.1 Å². The molecule has 3 aliphatic heterocycles. The molecule has 1 aromatic carbocycles. The number of aryl methyl sites for hydroxylation is 1. The maximum Gasteiger partial charge on any atom is 0.422 e. The Labute approximate surface area is 590 Å². The molecular formula is C72H107F5N12O12. The lowest BCUT2D eigenvalue weighted by atomic mass is 9.78. The quantitative estimate of drug-likeness (QED) is 0.248. The van der Waals surface area contributed by atoms with Crippen molar-refractivity contribution in [1.82, 2.24) is 60.0 Å². The highest BCUT2D eigenvalue weighted by Crippen LogP contribution is 2.39. The van der Waals surface area contributed by atoms with E-state index in [1.807, 2.05) is 6.92 Å². The highest BCUT2D eigenvalue weighted by Gasteiger charge is 2.52. The topological polar surface area (TPSA) is 270 Å². The number of carbonyl (C=O) groups excluding carboxylic acids is 12. The van der Waals surface area contributed by atoms with E-state index in [1.165, 1.54) is 73.8 Å². The standard InChI is InChI=1S/C72H107F5N12O12/c1-10-44(2)60-68(99)83(5)42-57(92)81(3)43-58(93)84(6)53(39-45-23-13-11-14-24-45)66(97)82(4)41-55(90)78-51(31-30-46-37-49(73)59(50(74)38-46)72(75,76)77)65(96)89-36-22-29-52(89)63(94)80-71(32-17-18-33-71)70(101)87(9)62(48-25-15-12-16-26-48)69(100)85(7)54(67(98)88-34-19-20-35-88)40-56(91)86(8)61(64(95)79-60)47-27-21-28-47/h37-38,44-45,47-48,51-54,60-62H,10-36,39-43H2,1-9H3,(H,78,90)(H,79,95)(H,80,94)/t44-,51-,52-,53-,54-,60-,61-,62-/m0/s1. The van der Waals surface area contributed by atoms with Crippen molar-refractivity contribution in [3.05, 3.63) is 34.9 Å². The summed E-state index contributed by atoms with van der Waals surface area (Å²) < 4.78 is 71.4. The summed E-state index contributed by atoms with van der Waals surface area (Å²) >= 11 is 0. The highest BCUT2D eigenvalue weighted by molar-refractivity contribution is 6.01. The van der Waals surface area contributed by atoms with Gasteiger partial charge in [-0.2, -0.15) is 13.2 Å². The minimum Gasteiger partial charge on any atom is -0.343 e. The third-order valence-electron chi connectivity index (χ3n) is 23.0. The second-order valence-corrected chi connectivity index (χ2v) is 29.9. The van der Waals surface area contributed by atoms with Crippen LogP contribution in [0.3, 0.4) is 0 Å². The van der Waals surface area contributed by atoms with Gasteiger partial charge in [-0.05, 0) is 125 Å². The zero-order valence-electron chi connectivity index (χ0n) is 60.4. The van der Waals surface area contributed by atoms with Crippen LogP contribution in [0.2, 0.25) is 0 Å². The molecule has 1 aromatic rings. The van der Waals surface area contributed by atoms with Crippen LogP contribution in [0.25, 0.3) is 0 Å². The SMILES string of the molecule is CC[C@H](C)[C@@H]1NC(=O)[C@H](C2CCC2)N(C)C(=O)C[C@@H](C(=O)N2CCCC2)N(C)C(=O)[C@H](C2CCCCC2)N(C)C(=O)C2(CCCC2)NC(=O)[C@@H]2CCCN2C(=O)[C@H](CCc2cc(F)c(C(F)(F)F)c(F)c2)NC(=O)CN(C)C(=O)[C@H](CC2CCCCC2)N(C)C(=O)CN(C)C(=O)CN(C)C1=O. The first-order chi connectivity index (χ1) is 47.8. The molecule has 0 unspecified atom stereocenters. The van der Waals surface area contributed by atoms with E-state index in [2.05, 4.69) is 16.0 Å². The van der Waals surface area contributed by atoms with Gasteiger partial charge in [0.25, 0.3) is 0 Å². The number of halogens is 5. The molecule has 1 spiro atoms. The summed E-state index contributed by atoms with van der Waals surface area (Å²) in [6.07, 6.45) is 6.04. The molecule has 3 heterocycles. The largest absolute Gasteiger partial charge is 0.422 e. The third kappa shape index (κ3) is 18.8. The van der Waals surface area contributed by atoms with Crippen LogP contribution < -0.4 is 16.0 Å². The van der Waals surface area contributed by atoms with Crippen molar-refractivity contribution in [2.24, 2.45) is 23.7 Å². The lowest BCUT2D eigenvalue weighted by molar-refractivity contribution is -0.157. The van der Waals surface area contributed by atoms with Crippen molar-refractivity contribution in [2.75, 3.05) is 88.6 Å². The van der Waals surface area contributed by atoms with Crippen LogP contribution in [-0.4, -0.2) is 251 Å². The number of alkyl halides is 3. The first kappa shape index (κ1) is 79.2. The first-order valence-electron chi connectivity index (χ1n) is 36.6. The zero-order chi connectivity index (χ0) is 73.9. The number of likely N-dealkylation sites (tertiary alicyclic amines) is 1. The Balaban J connectivity index is 1.17. The van der Waals surface area contributed by atoms with Gasteiger partial charge in [-0.1, -0.05) is 90.9 Å². The Morgan fingerprint density at radius 1 is 0.574 bits per heavy atom. The van der Waals surface area contributed by atoms with Crippen molar-refractivity contribution in [3.8, 4) is 0 Å². The van der Waals surface area contributed by atoms with Crippen LogP contribution >= 0.6 is 0 Å². The van der Waals surface area contributed by atoms with Gasteiger partial charge in [0, 0.05) is 69.0 Å². The predicted molar refractivity (Wildman–Crippen MR) is 362 cm³/mol. The number of nitrogens with one attached hydrogen (secondary N) is 3. The van der Waals surface area contributed by atoms with E-state index in [0.717, 1.165) is 72.5 Å². The number of rotatable bonds is 10. The molecule has 7 fully saturated rings. The van der Waals surface area contributed by atoms with Crippen molar-refractivity contribution < 1.29 is 79.5 Å². The molecule has 0 radical (unpaired) electrons. The molecule has 29 heteroatoms. The fraction of sp³-hybridized carbons (Fsp3) is 0.750. The van der Waals surface area contributed by atoms with Gasteiger partial charge in [-0.3, -0.25) is 57.5 Å². The zero-order valence-corrected chi connectivity index (χ0v) is 60.4. The first-order valence-corrected chi connectivity index (χ1v) is 36.6. The molecule has 4 aliphatic carbocycles. The summed E-state index contributed by atoms with van der Waals surface area (Å²) in [5.74, 6) is -13.3. The average Bonchev–Trinajstić information content (AvgIpc) is 1.73. The van der Waals surface area contributed by atoms with Gasteiger partial charge in [0.05, 0.1) is 26.1 Å². The second-order valence-electron chi connectivity index (χ2n) is 29.9. The van der Waals surface area contributed by atoms with E-state index >= 15 is 32.8 Å². The Morgan fingerprint density at radius 2 is 1.15 bits per heavy atom. The Hall–Kier alpha value is -7.49. The van der Waals surface area contributed by atoms with Gasteiger partial charge in [0.2, 0.25) is 70.9 Å². The maximum atomic E-state index is 15.8. The van der Waals surface area contributed by atoms with E-state index in [-0.39, 0.29) is 56.0 Å². The summed E-state index contributed by atoms with van der Waals surface area (Å²) in [5, 5.41) is 8.59. The van der Waals surface area contributed by atoms with Crippen LogP contribution in [0.4, 0.5) is 22.0 Å². The molecule has 0 bridgehead atoms. The van der Waals surface area contributed by atoms with Gasteiger partial charge >= 0.3 is 6.18 Å². The molecule has 8 rings (SSSR count). The molecule has 3 saturated heterocycles. The van der Waals surface area contributed by atoms with Crippen molar-refractivity contribution >= 4 is 70.9 Å². The van der Waals surface area contributed by atoms with E-state index in [0.29, 0.717) is 83.0 Å². The van der Waals surface area contributed by atoms with Gasteiger partial charge in [0.1, 0.15) is 65.0 Å². The van der Waals surface area contributed by atoms with Gasteiger partial charge in [-0.15, -0.1) is 0 Å². The van der Waals surface area contributed by atoms with Gasteiger partial charge < -0.3 is 60.0 Å². The monoisotopic (exact) mass is 1430 g/mol. The molecule has 24 nitrogen and oxygen atoms in total. The lowest BCUT2D eigenvalue weighted by Gasteiger charge is -2.43. The number of likely N-dealkylation sites (N-methyl/N-ethyl adjacent to an activating group) is 7. The minimum absolute atomic E-state index is 0.0220. The van der Waals surface area contributed by atoms with Crippen LogP contribution in [-0.2, 0) is 70.1 Å². The molecule has 12 amide bonds. The number of carbonyl (C=O) groups is 12. The molecule has 8 atom stereocenters. The number of amides is 12. The molecule has 7 aliphatic rings. The van der Waals surface area contributed by atoms with Gasteiger partial charge in [0.15, 0.2) is 0 Å². The normalized spacial score (nSPS) is 27.5. The lowest BCUT2D eigenvalue weighted by Crippen LogP contribution is -2.65. The fourth-order valence-corrected chi connectivity index (χ4v) is 16.3. The molecule has 562 valence electrons. The number of benzene rings is 1.